The number of nitrogens with one attached hydrogen (secondary N) is 1. The fourth-order valence-electron chi connectivity index (χ4n) is 2.64. The molecule has 0 aliphatic rings. The lowest BCUT2D eigenvalue weighted by Crippen LogP contribution is -2.23. The molecule has 0 aliphatic carbocycles. The average Bonchev–Trinajstić information content (AvgIpc) is 2.69. The fraction of sp³-hybridized carbons (Fsp3) is 0.150. The highest BCUT2D eigenvalue weighted by molar-refractivity contribution is 9.10. The molecule has 5 nitrogen and oxygen atoms in total. The predicted octanol–water partition coefficient (Wildman–Crippen LogP) is 3.93. The molecule has 0 fully saturated rings. The van der Waals surface area contributed by atoms with Gasteiger partial charge in [0, 0.05) is 22.1 Å². The van der Waals surface area contributed by atoms with Crippen LogP contribution in [0.25, 0.3) is 22.4 Å². The average molecular weight is 451 g/mol. The number of nitrogens with zero attached hydrogens (tertiary/aromatic N) is 1. The second-order valence-electron chi connectivity index (χ2n) is 6.11. The van der Waals surface area contributed by atoms with E-state index in [1.54, 1.807) is 12.1 Å². The van der Waals surface area contributed by atoms with Crippen molar-refractivity contribution in [2.45, 2.75) is 6.10 Å². The third kappa shape index (κ3) is 4.46. The minimum atomic E-state index is -1.01. The van der Waals surface area contributed by atoms with Crippen molar-refractivity contribution in [3.8, 4) is 28.1 Å². The maximum Gasteiger partial charge on any atom is 0.166 e. The number of phenolic OH excluding ortho intramolecular Hbond substituents is 1. The topological polar surface area (TPSA) is 85.6 Å². The molecular formula is C20H17BrF2N2O3. The zero-order valence-corrected chi connectivity index (χ0v) is 16.1. The van der Waals surface area contributed by atoms with Gasteiger partial charge in [-0.3, -0.25) is 0 Å². The second-order valence-corrected chi connectivity index (χ2v) is 7.02. The summed E-state index contributed by atoms with van der Waals surface area (Å²) in [6.45, 7) is -0.438. The van der Waals surface area contributed by atoms with Gasteiger partial charge < -0.3 is 20.6 Å². The Morgan fingerprint density at radius 1 is 1.07 bits per heavy atom. The lowest BCUT2D eigenvalue weighted by molar-refractivity contribution is 0.105. The number of hydrogen-bond donors (Lipinski definition) is 4. The number of hydrogen-bond acceptors (Lipinski definition) is 5. The lowest BCUT2D eigenvalue weighted by Gasteiger charge is -2.14. The first-order valence-electron chi connectivity index (χ1n) is 8.37. The van der Waals surface area contributed by atoms with E-state index in [9.17, 15) is 19.0 Å². The van der Waals surface area contributed by atoms with E-state index in [-0.39, 0.29) is 23.7 Å². The zero-order valence-electron chi connectivity index (χ0n) is 14.5. The van der Waals surface area contributed by atoms with Gasteiger partial charge in [-0.05, 0) is 42.0 Å². The third-order valence-electron chi connectivity index (χ3n) is 4.05. The van der Waals surface area contributed by atoms with Gasteiger partial charge in [0.1, 0.15) is 11.6 Å². The minimum absolute atomic E-state index is 0.00247. The number of aliphatic hydroxyl groups excluding tert-OH is 2. The van der Waals surface area contributed by atoms with Gasteiger partial charge in [-0.2, -0.15) is 0 Å². The maximum absolute atomic E-state index is 14.3. The molecule has 1 aromatic heterocycles. The number of aromatic nitrogens is 1. The number of aromatic hydroxyl groups is 1. The highest BCUT2D eigenvalue weighted by atomic mass is 79.9. The van der Waals surface area contributed by atoms with Crippen molar-refractivity contribution in [2.24, 2.45) is 0 Å². The standard InChI is InChI=1S/C20H17BrF2N2O3/c21-12-4-5-18(28)15(8-12)17-6-11(14-2-1-3-16(22)20(14)23)7-19(25-17)24-9-13(27)10-26/h1-8,13,26-28H,9-10H2,(H,24,25). The summed E-state index contributed by atoms with van der Waals surface area (Å²) < 4.78 is 28.7. The van der Waals surface area contributed by atoms with Crippen LogP contribution in [-0.4, -0.2) is 39.6 Å². The van der Waals surface area contributed by atoms with Crippen LogP contribution in [0.2, 0.25) is 0 Å². The first kappa shape index (κ1) is 20.2. The Balaban J connectivity index is 2.13. The molecule has 1 unspecified atom stereocenters. The molecule has 8 heteroatoms. The van der Waals surface area contributed by atoms with E-state index in [1.807, 2.05) is 0 Å². The summed E-state index contributed by atoms with van der Waals surface area (Å²) >= 11 is 3.33. The molecule has 3 rings (SSSR count). The van der Waals surface area contributed by atoms with Gasteiger partial charge in [0.05, 0.1) is 18.4 Å². The zero-order chi connectivity index (χ0) is 20.3. The van der Waals surface area contributed by atoms with Crippen LogP contribution in [0.5, 0.6) is 5.75 Å². The summed E-state index contributed by atoms with van der Waals surface area (Å²) in [6.07, 6.45) is -1.01. The molecule has 4 N–H and O–H groups in total. The van der Waals surface area contributed by atoms with Gasteiger partial charge in [-0.15, -0.1) is 0 Å². The van der Waals surface area contributed by atoms with Crippen molar-refractivity contribution in [2.75, 3.05) is 18.5 Å². The predicted molar refractivity (Wildman–Crippen MR) is 106 cm³/mol. The minimum Gasteiger partial charge on any atom is -0.507 e. The number of phenols is 1. The Bertz CT molecular complexity index is 981. The van der Waals surface area contributed by atoms with Gasteiger partial charge in [-0.25, -0.2) is 13.8 Å². The number of halogens is 3. The van der Waals surface area contributed by atoms with Crippen LogP contribution in [-0.2, 0) is 0 Å². The molecule has 0 bridgehead atoms. The van der Waals surface area contributed by atoms with E-state index in [1.165, 1.54) is 30.3 Å². The quantitative estimate of drug-likeness (QED) is 0.457. The van der Waals surface area contributed by atoms with Crippen LogP contribution in [0.15, 0.2) is 53.0 Å². The van der Waals surface area contributed by atoms with Crippen molar-refractivity contribution in [3.63, 3.8) is 0 Å². The summed E-state index contributed by atoms with van der Waals surface area (Å²) in [6, 6.07) is 11.7. The molecule has 28 heavy (non-hydrogen) atoms. The summed E-state index contributed by atoms with van der Waals surface area (Å²) in [7, 11) is 0. The number of benzene rings is 2. The maximum atomic E-state index is 14.3. The first-order valence-corrected chi connectivity index (χ1v) is 9.16. The Morgan fingerprint density at radius 3 is 2.61 bits per heavy atom. The number of anilines is 1. The molecule has 0 amide bonds. The van der Waals surface area contributed by atoms with E-state index in [2.05, 4.69) is 26.2 Å². The van der Waals surface area contributed by atoms with Crippen LogP contribution >= 0.6 is 15.9 Å². The second kappa shape index (κ2) is 8.64. The first-order chi connectivity index (χ1) is 13.4. The molecule has 2 aromatic carbocycles. The van der Waals surface area contributed by atoms with Crippen molar-refractivity contribution < 1.29 is 24.1 Å². The molecule has 0 radical (unpaired) electrons. The number of rotatable bonds is 6. The van der Waals surface area contributed by atoms with E-state index in [0.717, 1.165) is 6.07 Å². The lowest BCUT2D eigenvalue weighted by atomic mass is 10.0. The Hall–Kier alpha value is -2.55. The fourth-order valence-corrected chi connectivity index (χ4v) is 3.00. The molecule has 1 heterocycles. The van der Waals surface area contributed by atoms with E-state index in [0.29, 0.717) is 21.3 Å². The number of aliphatic hydroxyl groups is 2. The van der Waals surface area contributed by atoms with Gasteiger partial charge in [-0.1, -0.05) is 28.1 Å². The Kier molecular flexibility index (Phi) is 6.23. The van der Waals surface area contributed by atoms with Gasteiger partial charge in [0.25, 0.3) is 0 Å². The normalized spacial score (nSPS) is 12.0. The van der Waals surface area contributed by atoms with Crippen LogP contribution in [0, 0.1) is 11.6 Å². The van der Waals surface area contributed by atoms with Gasteiger partial charge >= 0.3 is 0 Å². The molecular weight excluding hydrogens is 434 g/mol. The highest BCUT2D eigenvalue weighted by Crippen LogP contribution is 2.35. The Labute approximate surface area is 168 Å². The van der Waals surface area contributed by atoms with Crippen molar-refractivity contribution in [3.05, 3.63) is 64.6 Å². The molecule has 146 valence electrons. The summed E-state index contributed by atoms with van der Waals surface area (Å²) in [5.41, 5.74) is 1.07. The van der Waals surface area contributed by atoms with Gasteiger partial charge in [0.2, 0.25) is 0 Å². The SMILES string of the molecule is OCC(O)CNc1cc(-c2cccc(F)c2F)cc(-c2cc(Br)ccc2O)n1. The van der Waals surface area contributed by atoms with Crippen molar-refractivity contribution >= 4 is 21.7 Å². The van der Waals surface area contributed by atoms with Crippen molar-refractivity contribution in [1.82, 2.24) is 4.98 Å². The number of pyridine rings is 1. The van der Waals surface area contributed by atoms with E-state index >= 15 is 0 Å². The largest absolute Gasteiger partial charge is 0.507 e. The van der Waals surface area contributed by atoms with Crippen molar-refractivity contribution in [1.29, 1.82) is 0 Å². The van der Waals surface area contributed by atoms with E-state index in [4.69, 9.17) is 5.11 Å². The summed E-state index contributed by atoms with van der Waals surface area (Å²) in [5, 5.41) is 31.6. The molecule has 0 saturated carbocycles. The molecule has 0 aliphatic heterocycles. The molecule has 1 atom stereocenters. The van der Waals surface area contributed by atoms with Crippen LogP contribution in [0.3, 0.4) is 0 Å². The monoisotopic (exact) mass is 450 g/mol. The smallest absolute Gasteiger partial charge is 0.166 e. The van der Waals surface area contributed by atoms with Gasteiger partial charge in [0.15, 0.2) is 11.6 Å². The van der Waals surface area contributed by atoms with Crippen LogP contribution in [0.4, 0.5) is 14.6 Å². The summed E-state index contributed by atoms with van der Waals surface area (Å²) in [5.74, 6) is -1.75. The molecule has 0 saturated heterocycles. The highest BCUT2D eigenvalue weighted by Gasteiger charge is 2.15. The third-order valence-corrected chi connectivity index (χ3v) is 4.55. The Morgan fingerprint density at radius 2 is 1.86 bits per heavy atom. The van der Waals surface area contributed by atoms with E-state index < -0.39 is 24.3 Å². The summed E-state index contributed by atoms with van der Waals surface area (Å²) in [4.78, 5) is 4.39. The molecule has 0 spiro atoms. The van der Waals surface area contributed by atoms with Crippen LogP contribution < -0.4 is 5.32 Å². The van der Waals surface area contributed by atoms with Crippen LogP contribution in [0.1, 0.15) is 0 Å². The molecule has 3 aromatic rings.